The van der Waals surface area contributed by atoms with Gasteiger partial charge in [0.1, 0.15) is 22.7 Å². The Kier molecular flexibility index (Phi) is 2.16. The van der Waals surface area contributed by atoms with E-state index in [1.165, 1.54) is 24.4 Å². The van der Waals surface area contributed by atoms with Crippen LogP contribution in [0.3, 0.4) is 0 Å². The first kappa shape index (κ1) is 10.5. The standard InChI is InChI=1S/C12H7FN2O3/c13-7-1-2-9-6(3-7)4-10(18-9)11-8(12(16)17)5-14-15-11/h1-5H,(H,14,15)(H,16,17). The first-order valence-corrected chi connectivity index (χ1v) is 5.11. The summed E-state index contributed by atoms with van der Waals surface area (Å²) in [6.45, 7) is 0. The van der Waals surface area contributed by atoms with Crippen LogP contribution in [0.15, 0.2) is 34.9 Å². The van der Waals surface area contributed by atoms with Gasteiger partial charge < -0.3 is 9.52 Å². The average molecular weight is 246 g/mol. The van der Waals surface area contributed by atoms with Gasteiger partial charge >= 0.3 is 5.97 Å². The third kappa shape index (κ3) is 1.55. The van der Waals surface area contributed by atoms with E-state index in [1.807, 2.05) is 0 Å². The van der Waals surface area contributed by atoms with Gasteiger partial charge in [-0.05, 0) is 24.3 Å². The zero-order chi connectivity index (χ0) is 12.7. The molecule has 0 amide bonds. The minimum absolute atomic E-state index is 0.00882. The minimum Gasteiger partial charge on any atom is -0.478 e. The highest BCUT2D eigenvalue weighted by Crippen LogP contribution is 2.28. The van der Waals surface area contributed by atoms with E-state index in [0.717, 1.165) is 0 Å². The molecule has 2 heterocycles. The maximum absolute atomic E-state index is 13.0. The van der Waals surface area contributed by atoms with E-state index in [-0.39, 0.29) is 17.1 Å². The number of nitrogens with zero attached hydrogens (tertiary/aromatic N) is 1. The van der Waals surface area contributed by atoms with Gasteiger partial charge in [-0.2, -0.15) is 5.10 Å². The van der Waals surface area contributed by atoms with E-state index >= 15 is 0 Å². The van der Waals surface area contributed by atoms with E-state index in [2.05, 4.69) is 10.2 Å². The summed E-state index contributed by atoms with van der Waals surface area (Å²) in [4.78, 5) is 11.0. The van der Waals surface area contributed by atoms with Gasteiger partial charge in [0, 0.05) is 5.39 Å². The summed E-state index contributed by atoms with van der Waals surface area (Å²) in [5.41, 5.74) is 0.756. The molecule has 0 saturated heterocycles. The van der Waals surface area contributed by atoms with Crippen LogP contribution in [0.5, 0.6) is 0 Å². The van der Waals surface area contributed by atoms with E-state index in [9.17, 15) is 9.18 Å². The fourth-order valence-electron chi connectivity index (χ4n) is 1.77. The molecule has 2 aromatic heterocycles. The molecule has 0 aliphatic rings. The summed E-state index contributed by atoms with van der Waals surface area (Å²) < 4.78 is 18.5. The molecule has 0 radical (unpaired) electrons. The highest BCUT2D eigenvalue weighted by molar-refractivity contribution is 5.95. The maximum atomic E-state index is 13.0. The molecule has 0 fully saturated rings. The van der Waals surface area contributed by atoms with Crippen LogP contribution >= 0.6 is 0 Å². The molecular weight excluding hydrogens is 239 g/mol. The number of benzene rings is 1. The number of hydrogen-bond donors (Lipinski definition) is 2. The molecule has 0 aliphatic heterocycles. The highest BCUT2D eigenvalue weighted by Gasteiger charge is 2.17. The number of H-pyrrole nitrogens is 1. The van der Waals surface area contributed by atoms with Gasteiger partial charge in [-0.15, -0.1) is 0 Å². The molecule has 1 aromatic carbocycles. The Morgan fingerprint density at radius 1 is 1.39 bits per heavy atom. The minimum atomic E-state index is -1.11. The number of aromatic nitrogens is 2. The molecular formula is C12H7FN2O3. The molecule has 3 aromatic rings. The van der Waals surface area contributed by atoms with Crippen LogP contribution in [0.2, 0.25) is 0 Å². The van der Waals surface area contributed by atoms with Crippen molar-refractivity contribution >= 4 is 16.9 Å². The van der Waals surface area contributed by atoms with Crippen molar-refractivity contribution < 1.29 is 18.7 Å². The second kappa shape index (κ2) is 3.69. The quantitative estimate of drug-likeness (QED) is 0.728. The number of fused-ring (bicyclic) bond motifs is 1. The van der Waals surface area contributed by atoms with Gasteiger partial charge in [0.15, 0.2) is 5.76 Å². The molecule has 0 unspecified atom stereocenters. The smallest absolute Gasteiger partial charge is 0.339 e. The van der Waals surface area contributed by atoms with Crippen molar-refractivity contribution in [3.05, 3.63) is 41.8 Å². The van der Waals surface area contributed by atoms with Crippen molar-refractivity contribution in [1.82, 2.24) is 10.2 Å². The summed E-state index contributed by atoms with van der Waals surface area (Å²) in [6.07, 6.45) is 1.20. The number of hydrogen-bond acceptors (Lipinski definition) is 3. The summed E-state index contributed by atoms with van der Waals surface area (Å²) in [5.74, 6) is -1.17. The predicted octanol–water partition coefficient (Wildman–Crippen LogP) is 2.66. The first-order valence-electron chi connectivity index (χ1n) is 5.11. The molecule has 2 N–H and O–H groups in total. The number of nitrogens with one attached hydrogen (secondary N) is 1. The van der Waals surface area contributed by atoms with E-state index < -0.39 is 5.97 Å². The summed E-state index contributed by atoms with van der Waals surface area (Å²) in [6, 6.07) is 5.66. The predicted molar refractivity (Wildman–Crippen MR) is 60.7 cm³/mol. The second-order valence-electron chi connectivity index (χ2n) is 3.76. The number of aromatic carboxylic acids is 1. The van der Waals surface area contributed by atoms with E-state index in [4.69, 9.17) is 9.52 Å². The average Bonchev–Trinajstić information content (AvgIpc) is 2.93. The van der Waals surface area contributed by atoms with Crippen molar-refractivity contribution in [3.8, 4) is 11.5 Å². The summed E-state index contributed by atoms with van der Waals surface area (Å²) >= 11 is 0. The summed E-state index contributed by atoms with van der Waals surface area (Å²) in [7, 11) is 0. The zero-order valence-electron chi connectivity index (χ0n) is 8.98. The van der Waals surface area contributed by atoms with Crippen molar-refractivity contribution in [2.24, 2.45) is 0 Å². The van der Waals surface area contributed by atoms with Crippen molar-refractivity contribution in [2.45, 2.75) is 0 Å². The highest BCUT2D eigenvalue weighted by atomic mass is 19.1. The van der Waals surface area contributed by atoms with Gasteiger partial charge in [-0.25, -0.2) is 9.18 Å². The topological polar surface area (TPSA) is 79.1 Å². The lowest BCUT2D eigenvalue weighted by Gasteiger charge is -1.93. The number of carboxylic acid groups (broad SMARTS) is 1. The monoisotopic (exact) mass is 246 g/mol. The molecule has 6 heteroatoms. The molecule has 0 atom stereocenters. The van der Waals surface area contributed by atoms with Crippen molar-refractivity contribution in [1.29, 1.82) is 0 Å². The van der Waals surface area contributed by atoms with Crippen LogP contribution in [-0.2, 0) is 0 Å². The van der Waals surface area contributed by atoms with Gasteiger partial charge in [-0.3, -0.25) is 5.10 Å². The molecule has 18 heavy (non-hydrogen) atoms. The maximum Gasteiger partial charge on any atom is 0.339 e. The van der Waals surface area contributed by atoms with Gasteiger partial charge in [-0.1, -0.05) is 0 Å². The first-order chi connectivity index (χ1) is 8.65. The third-order valence-electron chi connectivity index (χ3n) is 2.59. The van der Waals surface area contributed by atoms with Crippen LogP contribution in [0.25, 0.3) is 22.4 Å². The Balaban J connectivity index is 2.19. The van der Waals surface area contributed by atoms with Gasteiger partial charge in [0.2, 0.25) is 0 Å². The molecule has 3 rings (SSSR count). The number of carboxylic acids is 1. The normalized spacial score (nSPS) is 10.9. The van der Waals surface area contributed by atoms with Crippen molar-refractivity contribution in [3.63, 3.8) is 0 Å². The SMILES string of the molecule is O=C(O)c1cn[nH]c1-c1cc2cc(F)ccc2o1. The van der Waals surface area contributed by atoms with Crippen molar-refractivity contribution in [2.75, 3.05) is 0 Å². The second-order valence-corrected chi connectivity index (χ2v) is 3.76. The Morgan fingerprint density at radius 3 is 3.00 bits per heavy atom. The fraction of sp³-hybridized carbons (Fsp3) is 0. The van der Waals surface area contributed by atoms with Crippen LogP contribution in [0, 0.1) is 5.82 Å². The van der Waals surface area contributed by atoms with Gasteiger partial charge in [0.25, 0.3) is 0 Å². The van der Waals surface area contributed by atoms with E-state index in [1.54, 1.807) is 6.07 Å². The molecule has 0 aliphatic carbocycles. The molecule has 0 saturated carbocycles. The molecule has 5 nitrogen and oxygen atoms in total. The van der Waals surface area contributed by atoms with Crippen LogP contribution in [0.4, 0.5) is 4.39 Å². The number of furan rings is 1. The summed E-state index contributed by atoms with van der Waals surface area (Å²) in [5, 5.41) is 15.8. The Hall–Kier alpha value is -2.63. The molecule has 0 spiro atoms. The number of halogens is 1. The largest absolute Gasteiger partial charge is 0.478 e. The lowest BCUT2D eigenvalue weighted by atomic mass is 10.2. The van der Waals surface area contributed by atoms with Gasteiger partial charge in [0.05, 0.1) is 6.20 Å². The van der Waals surface area contributed by atoms with Crippen LogP contribution < -0.4 is 0 Å². The van der Waals surface area contributed by atoms with Crippen LogP contribution in [-0.4, -0.2) is 21.3 Å². The Morgan fingerprint density at radius 2 is 2.22 bits per heavy atom. The Bertz CT molecular complexity index is 745. The zero-order valence-corrected chi connectivity index (χ0v) is 8.98. The number of rotatable bonds is 2. The van der Waals surface area contributed by atoms with E-state index in [0.29, 0.717) is 16.7 Å². The van der Waals surface area contributed by atoms with Crippen LogP contribution in [0.1, 0.15) is 10.4 Å². The molecule has 90 valence electrons. The number of aromatic amines is 1. The third-order valence-corrected chi connectivity index (χ3v) is 2.59. The lowest BCUT2D eigenvalue weighted by molar-refractivity contribution is 0.0697. The Labute approximate surface area is 99.8 Å². The molecule has 0 bridgehead atoms. The fourth-order valence-corrected chi connectivity index (χ4v) is 1.77. The lowest BCUT2D eigenvalue weighted by Crippen LogP contribution is -1.95. The number of carbonyl (C=O) groups is 1.